The first kappa shape index (κ1) is 8.60. The largest absolute Gasteiger partial charge is 0.465 e. The van der Waals surface area contributed by atoms with Gasteiger partial charge in [-0.05, 0) is 6.42 Å². The van der Waals surface area contributed by atoms with E-state index in [2.05, 4.69) is 30.3 Å². The Labute approximate surface area is 78.7 Å². The Morgan fingerprint density at radius 2 is 2.23 bits per heavy atom. The van der Waals surface area contributed by atoms with Gasteiger partial charge in [0.25, 0.3) is 6.01 Å². The van der Waals surface area contributed by atoms with Gasteiger partial charge in [-0.25, -0.2) is 4.98 Å². The lowest BCUT2D eigenvalue weighted by molar-refractivity contribution is 0.225. The second-order valence-corrected chi connectivity index (χ2v) is 4.53. The lowest BCUT2D eigenvalue weighted by Gasteiger charge is -2.23. The molecule has 0 aromatic carbocycles. The summed E-state index contributed by atoms with van der Waals surface area (Å²) in [4.78, 5) is 4.26. The zero-order valence-electron chi connectivity index (χ0n) is 8.50. The van der Waals surface area contributed by atoms with Gasteiger partial charge in [0.1, 0.15) is 0 Å². The third-order valence-corrected chi connectivity index (χ3v) is 2.34. The maximum atomic E-state index is 5.45. The Morgan fingerprint density at radius 1 is 1.46 bits per heavy atom. The van der Waals surface area contributed by atoms with Crippen LogP contribution >= 0.6 is 0 Å². The molecular weight excluding hydrogens is 164 g/mol. The van der Waals surface area contributed by atoms with Crippen LogP contribution in [0.25, 0.3) is 0 Å². The molecule has 72 valence electrons. The van der Waals surface area contributed by atoms with Crippen LogP contribution in [0.3, 0.4) is 0 Å². The van der Waals surface area contributed by atoms with Gasteiger partial charge in [0.15, 0.2) is 0 Å². The van der Waals surface area contributed by atoms with Crippen LogP contribution in [-0.4, -0.2) is 16.2 Å². The molecule has 1 aliphatic rings. The van der Waals surface area contributed by atoms with E-state index < -0.39 is 0 Å². The first-order chi connectivity index (χ1) is 6.09. The van der Waals surface area contributed by atoms with Gasteiger partial charge >= 0.3 is 0 Å². The minimum absolute atomic E-state index is 0.159. The SMILES string of the molecule is CC(C)(C)c1cnc2n1CCCO2. The minimum atomic E-state index is 0.159. The van der Waals surface area contributed by atoms with E-state index in [9.17, 15) is 0 Å². The lowest BCUT2D eigenvalue weighted by Crippen LogP contribution is -2.22. The average molecular weight is 180 g/mol. The van der Waals surface area contributed by atoms with Crippen molar-refractivity contribution < 1.29 is 4.74 Å². The van der Waals surface area contributed by atoms with Gasteiger partial charge in [-0.2, -0.15) is 0 Å². The Bertz CT molecular complexity index is 309. The van der Waals surface area contributed by atoms with Crippen molar-refractivity contribution in [1.29, 1.82) is 0 Å². The molecule has 0 bridgehead atoms. The van der Waals surface area contributed by atoms with Crippen molar-refractivity contribution in [2.75, 3.05) is 6.61 Å². The Hall–Kier alpha value is -0.990. The lowest BCUT2D eigenvalue weighted by atomic mass is 9.92. The molecule has 1 aromatic rings. The zero-order valence-corrected chi connectivity index (χ0v) is 8.50. The average Bonchev–Trinajstić information content (AvgIpc) is 2.45. The normalized spacial score (nSPS) is 16.5. The van der Waals surface area contributed by atoms with Gasteiger partial charge in [-0.1, -0.05) is 20.8 Å². The molecule has 0 saturated carbocycles. The number of nitrogens with zero attached hydrogens (tertiary/aromatic N) is 2. The summed E-state index contributed by atoms with van der Waals surface area (Å²) in [5.41, 5.74) is 1.42. The second kappa shape index (κ2) is 2.76. The van der Waals surface area contributed by atoms with Crippen molar-refractivity contribution in [2.24, 2.45) is 0 Å². The van der Waals surface area contributed by atoms with Crippen molar-refractivity contribution in [1.82, 2.24) is 9.55 Å². The first-order valence-electron chi connectivity index (χ1n) is 4.78. The molecule has 0 radical (unpaired) electrons. The van der Waals surface area contributed by atoms with Gasteiger partial charge in [0.2, 0.25) is 0 Å². The molecule has 0 amide bonds. The number of ether oxygens (including phenoxy) is 1. The summed E-state index contributed by atoms with van der Waals surface area (Å²) in [6.45, 7) is 8.45. The summed E-state index contributed by atoms with van der Waals surface area (Å²) in [6, 6.07) is 0.788. The van der Waals surface area contributed by atoms with Crippen molar-refractivity contribution in [3.8, 4) is 6.01 Å². The Balaban J connectivity index is 2.43. The summed E-state index contributed by atoms with van der Waals surface area (Å²) in [5.74, 6) is 0. The fraction of sp³-hybridized carbons (Fsp3) is 0.700. The van der Waals surface area contributed by atoms with Gasteiger partial charge in [-0.15, -0.1) is 0 Å². The van der Waals surface area contributed by atoms with E-state index in [0.717, 1.165) is 25.6 Å². The van der Waals surface area contributed by atoms with Gasteiger partial charge in [0.05, 0.1) is 12.8 Å². The van der Waals surface area contributed by atoms with Crippen LogP contribution in [0.2, 0.25) is 0 Å². The zero-order chi connectivity index (χ0) is 9.47. The molecule has 1 aliphatic heterocycles. The second-order valence-electron chi connectivity index (χ2n) is 4.53. The third kappa shape index (κ3) is 1.43. The molecule has 2 rings (SSSR count). The molecule has 3 nitrogen and oxygen atoms in total. The highest BCUT2D eigenvalue weighted by molar-refractivity contribution is 5.18. The molecule has 1 aromatic heterocycles. The van der Waals surface area contributed by atoms with E-state index in [1.165, 1.54) is 5.69 Å². The number of rotatable bonds is 0. The Kier molecular flexibility index (Phi) is 1.82. The van der Waals surface area contributed by atoms with Crippen molar-refractivity contribution >= 4 is 0 Å². The molecule has 0 aliphatic carbocycles. The van der Waals surface area contributed by atoms with E-state index in [4.69, 9.17) is 4.74 Å². The third-order valence-electron chi connectivity index (χ3n) is 2.34. The van der Waals surface area contributed by atoms with Crippen molar-refractivity contribution in [3.05, 3.63) is 11.9 Å². The predicted octanol–water partition coefficient (Wildman–Crippen LogP) is 1.96. The first-order valence-corrected chi connectivity index (χ1v) is 4.78. The smallest absolute Gasteiger partial charge is 0.296 e. The highest BCUT2D eigenvalue weighted by Gasteiger charge is 2.23. The molecule has 2 heterocycles. The van der Waals surface area contributed by atoms with E-state index >= 15 is 0 Å². The molecule has 0 spiro atoms. The standard InChI is InChI=1S/C10H16N2O/c1-10(2,3)8-7-11-9-12(8)5-4-6-13-9/h7H,4-6H2,1-3H3. The van der Waals surface area contributed by atoms with Crippen molar-refractivity contribution in [2.45, 2.75) is 39.2 Å². The molecule has 0 unspecified atom stereocenters. The number of imidazole rings is 1. The van der Waals surface area contributed by atoms with Crippen LogP contribution in [0.5, 0.6) is 6.01 Å². The highest BCUT2D eigenvalue weighted by atomic mass is 16.5. The molecular formula is C10H16N2O. The molecule has 0 atom stereocenters. The van der Waals surface area contributed by atoms with Crippen LogP contribution in [-0.2, 0) is 12.0 Å². The molecule has 0 saturated heterocycles. The summed E-state index contributed by atoms with van der Waals surface area (Å²) >= 11 is 0. The number of hydrogen-bond acceptors (Lipinski definition) is 2. The minimum Gasteiger partial charge on any atom is -0.465 e. The van der Waals surface area contributed by atoms with E-state index in [-0.39, 0.29) is 5.41 Å². The monoisotopic (exact) mass is 180 g/mol. The van der Waals surface area contributed by atoms with Crippen LogP contribution in [0.15, 0.2) is 6.20 Å². The fourth-order valence-corrected chi connectivity index (χ4v) is 1.67. The maximum absolute atomic E-state index is 5.45. The number of fused-ring (bicyclic) bond motifs is 1. The summed E-state index contributed by atoms with van der Waals surface area (Å²) in [5, 5.41) is 0. The van der Waals surface area contributed by atoms with Crippen LogP contribution in [0.4, 0.5) is 0 Å². The number of hydrogen-bond donors (Lipinski definition) is 0. The van der Waals surface area contributed by atoms with Crippen LogP contribution < -0.4 is 4.74 Å². The molecule has 13 heavy (non-hydrogen) atoms. The summed E-state index contributed by atoms with van der Waals surface area (Å²) in [6.07, 6.45) is 3.02. The summed E-state index contributed by atoms with van der Waals surface area (Å²) < 4.78 is 7.64. The van der Waals surface area contributed by atoms with Crippen LogP contribution in [0.1, 0.15) is 32.9 Å². The van der Waals surface area contributed by atoms with E-state index in [1.54, 1.807) is 0 Å². The van der Waals surface area contributed by atoms with Crippen molar-refractivity contribution in [3.63, 3.8) is 0 Å². The van der Waals surface area contributed by atoms with E-state index in [1.807, 2.05) is 6.20 Å². The van der Waals surface area contributed by atoms with E-state index in [0.29, 0.717) is 0 Å². The number of aromatic nitrogens is 2. The highest BCUT2D eigenvalue weighted by Crippen LogP contribution is 2.27. The Morgan fingerprint density at radius 3 is 2.92 bits per heavy atom. The predicted molar refractivity (Wildman–Crippen MR) is 51.0 cm³/mol. The van der Waals surface area contributed by atoms with Gasteiger partial charge < -0.3 is 4.74 Å². The molecule has 3 heteroatoms. The topological polar surface area (TPSA) is 27.1 Å². The maximum Gasteiger partial charge on any atom is 0.296 e. The molecule has 0 N–H and O–H groups in total. The quantitative estimate of drug-likeness (QED) is 0.610. The van der Waals surface area contributed by atoms with Gasteiger partial charge in [0, 0.05) is 17.7 Å². The van der Waals surface area contributed by atoms with Gasteiger partial charge in [-0.3, -0.25) is 4.57 Å². The molecule has 0 fully saturated rings. The summed E-state index contributed by atoms with van der Waals surface area (Å²) in [7, 11) is 0. The fourth-order valence-electron chi connectivity index (χ4n) is 1.67. The van der Waals surface area contributed by atoms with Crippen LogP contribution in [0, 0.1) is 0 Å².